The number of amides is 1. The van der Waals surface area contributed by atoms with Crippen LogP contribution >= 0.6 is 11.6 Å². The number of aromatic nitrogens is 3. The molecule has 27 heavy (non-hydrogen) atoms. The summed E-state index contributed by atoms with van der Waals surface area (Å²) in [6, 6.07) is 7.95. The smallest absolute Gasteiger partial charge is 0.288 e. The van der Waals surface area contributed by atoms with Gasteiger partial charge in [0.05, 0.1) is 11.4 Å². The van der Waals surface area contributed by atoms with Gasteiger partial charge in [0.15, 0.2) is 0 Å². The van der Waals surface area contributed by atoms with E-state index < -0.39 is 29.4 Å². The van der Waals surface area contributed by atoms with E-state index in [1.165, 1.54) is 6.07 Å². The summed E-state index contributed by atoms with van der Waals surface area (Å²) in [4.78, 5) is 26.6. The highest BCUT2D eigenvalue weighted by molar-refractivity contribution is 6.30. The zero-order valence-corrected chi connectivity index (χ0v) is 15.2. The van der Waals surface area contributed by atoms with Crippen molar-refractivity contribution < 1.29 is 13.6 Å². The molecule has 1 heterocycles. The molecule has 0 aliphatic carbocycles. The summed E-state index contributed by atoms with van der Waals surface area (Å²) in [5.41, 5.74) is -0.502. The van der Waals surface area contributed by atoms with Crippen molar-refractivity contribution in [3.8, 4) is 5.69 Å². The van der Waals surface area contributed by atoms with Gasteiger partial charge in [0.2, 0.25) is 0 Å². The van der Waals surface area contributed by atoms with Crippen molar-refractivity contribution in [1.82, 2.24) is 14.3 Å². The third kappa shape index (κ3) is 3.61. The number of anilines is 1. The number of carbonyl (C=O) groups excluding carboxylic acids is 1. The number of hydrogen-bond donors (Lipinski definition) is 0. The van der Waals surface area contributed by atoms with Crippen molar-refractivity contribution in [3.05, 3.63) is 75.9 Å². The van der Waals surface area contributed by atoms with E-state index in [9.17, 15) is 18.4 Å². The number of hydrogen-bond acceptors (Lipinski definition) is 3. The summed E-state index contributed by atoms with van der Waals surface area (Å²) in [6.07, 6.45) is 1.04. The van der Waals surface area contributed by atoms with Crippen LogP contribution in [0.25, 0.3) is 5.69 Å². The molecule has 0 aliphatic rings. The Hall–Kier alpha value is -3.00. The maximum atomic E-state index is 14.2. The van der Waals surface area contributed by atoms with Crippen LogP contribution < -0.4 is 10.6 Å². The number of nitrogens with zero attached hydrogens (tertiary/aromatic N) is 4. The van der Waals surface area contributed by atoms with Gasteiger partial charge in [0.1, 0.15) is 18.0 Å². The molecule has 3 rings (SSSR count). The normalized spacial score (nSPS) is 11.0. The molecule has 6 nitrogen and oxygen atoms in total. The molecule has 0 aliphatic heterocycles. The Morgan fingerprint density at radius 1 is 1.19 bits per heavy atom. The monoisotopic (exact) mass is 392 g/mol. The van der Waals surface area contributed by atoms with Crippen LogP contribution in [-0.4, -0.2) is 26.4 Å². The lowest BCUT2D eigenvalue weighted by molar-refractivity contribution is 0.245. The van der Waals surface area contributed by atoms with E-state index in [0.717, 1.165) is 32.6 Å². The Labute approximate surface area is 158 Å². The van der Waals surface area contributed by atoms with Gasteiger partial charge in [-0.3, -0.25) is 4.90 Å². The molecule has 0 saturated heterocycles. The second kappa shape index (κ2) is 7.32. The first-order chi connectivity index (χ1) is 12.8. The van der Waals surface area contributed by atoms with Crippen molar-refractivity contribution in [1.29, 1.82) is 0 Å². The van der Waals surface area contributed by atoms with Crippen LogP contribution in [0.15, 0.2) is 53.6 Å². The number of benzene rings is 2. The molecule has 0 fully saturated rings. The van der Waals surface area contributed by atoms with Crippen molar-refractivity contribution in [2.75, 3.05) is 4.90 Å². The van der Waals surface area contributed by atoms with Gasteiger partial charge in [0, 0.05) is 17.1 Å². The summed E-state index contributed by atoms with van der Waals surface area (Å²) < 4.78 is 29.2. The third-order valence-electron chi connectivity index (χ3n) is 3.82. The molecule has 3 aromatic rings. The predicted molar refractivity (Wildman–Crippen MR) is 97.6 cm³/mol. The molecule has 0 spiro atoms. The van der Waals surface area contributed by atoms with Crippen molar-refractivity contribution >= 4 is 23.3 Å². The Balaban J connectivity index is 2.05. The predicted octanol–water partition coefficient (Wildman–Crippen LogP) is 3.85. The fraction of sp³-hybridized carbons (Fsp3) is 0.167. The average Bonchev–Trinajstić information content (AvgIpc) is 2.98. The molecule has 1 aromatic heterocycles. The lowest BCUT2D eigenvalue weighted by Gasteiger charge is -2.26. The minimum Gasteiger partial charge on any atom is -0.288 e. The van der Waals surface area contributed by atoms with E-state index in [2.05, 4.69) is 5.10 Å². The molecule has 140 valence electrons. The fourth-order valence-electron chi connectivity index (χ4n) is 2.62. The van der Waals surface area contributed by atoms with Gasteiger partial charge in [0.25, 0.3) is 0 Å². The highest BCUT2D eigenvalue weighted by atomic mass is 35.5. The zero-order chi connectivity index (χ0) is 19.7. The standard InChI is InChI=1S/C18H15ClF2N4O2/c1-11(2)24(16-7-6-13(20)9-15(16)21)17(26)23-10-22-25(18(23)27)14-5-3-4-12(19)8-14/h3-11H,1-2H3. The largest absolute Gasteiger partial charge is 0.358 e. The molecule has 0 N–H and O–H groups in total. The topological polar surface area (TPSA) is 60.1 Å². The van der Waals surface area contributed by atoms with E-state index in [0.29, 0.717) is 16.8 Å². The van der Waals surface area contributed by atoms with Gasteiger partial charge >= 0.3 is 11.7 Å². The van der Waals surface area contributed by atoms with Gasteiger partial charge in [-0.2, -0.15) is 14.3 Å². The second-order valence-electron chi connectivity index (χ2n) is 6.02. The molecule has 0 radical (unpaired) electrons. The Morgan fingerprint density at radius 2 is 1.93 bits per heavy atom. The first-order valence-corrected chi connectivity index (χ1v) is 8.38. The molecule has 0 saturated carbocycles. The quantitative estimate of drug-likeness (QED) is 0.680. The maximum Gasteiger partial charge on any atom is 0.358 e. The van der Waals surface area contributed by atoms with E-state index in [-0.39, 0.29) is 5.69 Å². The molecule has 9 heteroatoms. The molecular formula is C18H15ClF2N4O2. The van der Waals surface area contributed by atoms with Crippen LogP contribution in [0, 0.1) is 11.6 Å². The number of carbonyl (C=O) groups is 1. The first-order valence-electron chi connectivity index (χ1n) is 8.01. The minimum atomic E-state index is -0.910. The van der Waals surface area contributed by atoms with Crippen LogP contribution in [0.4, 0.5) is 19.3 Å². The van der Waals surface area contributed by atoms with Crippen molar-refractivity contribution in [3.63, 3.8) is 0 Å². The Morgan fingerprint density at radius 3 is 2.56 bits per heavy atom. The van der Waals surface area contributed by atoms with E-state index in [1.54, 1.807) is 32.0 Å². The van der Waals surface area contributed by atoms with E-state index >= 15 is 0 Å². The first kappa shape index (κ1) is 18.8. The summed E-state index contributed by atoms with van der Waals surface area (Å²) in [5.74, 6) is -1.68. The Bertz CT molecular complexity index is 1060. The summed E-state index contributed by atoms with van der Waals surface area (Å²) in [7, 11) is 0. The van der Waals surface area contributed by atoms with Gasteiger partial charge in [-0.15, -0.1) is 0 Å². The van der Waals surface area contributed by atoms with Gasteiger partial charge in [-0.1, -0.05) is 17.7 Å². The zero-order valence-electron chi connectivity index (χ0n) is 14.4. The van der Waals surface area contributed by atoms with Gasteiger partial charge < -0.3 is 0 Å². The molecular weight excluding hydrogens is 378 g/mol. The third-order valence-corrected chi connectivity index (χ3v) is 4.06. The van der Waals surface area contributed by atoms with Crippen LogP contribution in [0.1, 0.15) is 13.8 Å². The molecule has 0 unspecified atom stereocenters. The number of halogens is 3. The van der Waals surface area contributed by atoms with Crippen molar-refractivity contribution in [2.45, 2.75) is 19.9 Å². The van der Waals surface area contributed by atoms with Crippen LogP contribution in [-0.2, 0) is 0 Å². The molecule has 0 atom stereocenters. The molecule has 1 amide bonds. The van der Waals surface area contributed by atoms with Crippen LogP contribution in [0.5, 0.6) is 0 Å². The molecule has 0 bridgehead atoms. The van der Waals surface area contributed by atoms with Gasteiger partial charge in [-0.05, 0) is 44.2 Å². The minimum absolute atomic E-state index is 0.140. The Kier molecular flexibility index (Phi) is 5.09. The number of rotatable bonds is 3. The lowest BCUT2D eigenvalue weighted by Crippen LogP contribution is -2.44. The SMILES string of the molecule is CC(C)N(C(=O)n1cnn(-c2cccc(Cl)c2)c1=O)c1ccc(F)cc1F. The highest BCUT2D eigenvalue weighted by Gasteiger charge is 2.26. The van der Waals surface area contributed by atoms with Crippen LogP contribution in [0.2, 0.25) is 5.02 Å². The lowest BCUT2D eigenvalue weighted by atomic mass is 10.2. The summed E-state index contributed by atoms with van der Waals surface area (Å²) in [6.45, 7) is 3.29. The fourth-order valence-corrected chi connectivity index (χ4v) is 2.80. The van der Waals surface area contributed by atoms with Crippen molar-refractivity contribution in [2.24, 2.45) is 0 Å². The summed E-state index contributed by atoms with van der Waals surface area (Å²) in [5, 5.41) is 4.33. The summed E-state index contributed by atoms with van der Waals surface area (Å²) >= 11 is 5.92. The maximum absolute atomic E-state index is 14.2. The van der Waals surface area contributed by atoms with E-state index in [1.807, 2.05) is 0 Å². The van der Waals surface area contributed by atoms with Crippen LogP contribution in [0.3, 0.4) is 0 Å². The van der Waals surface area contributed by atoms with E-state index in [4.69, 9.17) is 11.6 Å². The average molecular weight is 393 g/mol. The highest BCUT2D eigenvalue weighted by Crippen LogP contribution is 2.23. The second-order valence-corrected chi connectivity index (χ2v) is 6.45. The van der Waals surface area contributed by atoms with Gasteiger partial charge in [-0.25, -0.2) is 18.4 Å². The molecule has 2 aromatic carbocycles.